The van der Waals surface area contributed by atoms with Gasteiger partial charge in [-0.2, -0.15) is 0 Å². The molecule has 2 aliphatic heterocycles. The Morgan fingerprint density at radius 2 is 2.41 bits per heavy atom. The molecule has 1 unspecified atom stereocenters. The molecule has 0 aliphatic carbocycles. The van der Waals surface area contributed by atoms with Crippen molar-refractivity contribution in [3.05, 3.63) is 29.6 Å². The van der Waals surface area contributed by atoms with Crippen LogP contribution in [0.15, 0.2) is 23.2 Å². The lowest BCUT2D eigenvalue weighted by Crippen LogP contribution is -2.49. The molecule has 0 radical (unpaired) electrons. The van der Waals surface area contributed by atoms with Gasteiger partial charge in [0.15, 0.2) is 10.9 Å². The van der Waals surface area contributed by atoms with Crippen LogP contribution in [0.5, 0.6) is 0 Å². The molecule has 1 N–H and O–H groups in total. The Balaban J connectivity index is 2.04. The van der Waals surface area contributed by atoms with Gasteiger partial charge in [0.1, 0.15) is 5.82 Å². The van der Waals surface area contributed by atoms with Crippen LogP contribution in [-0.2, 0) is 6.54 Å². The molecule has 3 nitrogen and oxygen atoms in total. The summed E-state index contributed by atoms with van der Waals surface area (Å²) in [6, 6.07) is 4.51. The summed E-state index contributed by atoms with van der Waals surface area (Å²) in [5, 5.41) is 11.0. The molecule has 0 spiro atoms. The minimum atomic E-state index is -1.07. The second kappa shape index (κ2) is 3.86. The SMILES string of the molecule is OC1(CCl)CSC2=Nc3ccc(F)cc3CN21. The zero-order valence-electron chi connectivity index (χ0n) is 8.86. The van der Waals surface area contributed by atoms with Gasteiger partial charge in [-0.25, -0.2) is 9.38 Å². The Hall–Kier alpha value is -0.780. The highest BCUT2D eigenvalue weighted by atomic mass is 35.5. The average Bonchev–Trinajstić information content (AvgIpc) is 2.65. The second-order valence-electron chi connectivity index (χ2n) is 4.16. The van der Waals surface area contributed by atoms with Crippen LogP contribution in [0.3, 0.4) is 0 Å². The lowest BCUT2D eigenvalue weighted by molar-refractivity contribution is -0.0256. The van der Waals surface area contributed by atoms with Gasteiger partial charge < -0.3 is 10.0 Å². The highest BCUT2D eigenvalue weighted by molar-refractivity contribution is 8.14. The zero-order valence-corrected chi connectivity index (χ0v) is 10.4. The summed E-state index contributed by atoms with van der Waals surface area (Å²) in [5.74, 6) is 0.318. The first-order valence-corrected chi connectivity index (χ1v) is 6.70. The van der Waals surface area contributed by atoms with Crippen molar-refractivity contribution in [3.63, 3.8) is 0 Å². The molecule has 1 aromatic carbocycles. The average molecular weight is 273 g/mol. The number of hydrogen-bond acceptors (Lipinski definition) is 4. The molecule has 17 heavy (non-hydrogen) atoms. The molecule has 90 valence electrons. The number of hydrogen-bond donors (Lipinski definition) is 1. The van der Waals surface area contributed by atoms with Gasteiger partial charge in [0.2, 0.25) is 0 Å². The number of halogens is 2. The van der Waals surface area contributed by atoms with E-state index in [9.17, 15) is 9.50 Å². The van der Waals surface area contributed by atoms with Crippen LogP contribution < -0.4 is 0 Å². The van der Waals surface area contributed by atoms with Gasteiger partial charge >= 0.3 is 0 Å². The van der Waals surface area contributed by atoms with Crippen LogP contribution in [0.1, 0.15) is 5.56 Å². The number of fused-ring (bicyclic) bond motifs is 2. The van der Waals surface area contributed by atoms with Crippen molar-refractivity contribution in [2.45, 2.75) is 12.3 Å². The Bertz CT molecular complexity index is 510. The van der Waals surface area contributed by atoms with Gasteiger partial charge in [0.05, 0.1) is 17.3 Å². The number of aliphatic hydroxyl groups is 1. The maximum Gasteiger partial charge on any atom is 0.167 e. The molecule has 0 amide bonds. The number of alkyl halides is 1. The van der Waals surface area contributed by atoms with E-state index in [0.29, 0.717) is 12.3 Å². The summed E-state index contributed by atoms with van der Waals surface area (Å²) >= 11 is 7.27. The van der Waals surface area contributed by atoms with E-state index in [2.05, 4.69) is 4.99 Å². The standard InChI is InChI=1S/C11H10ClFN2OS/c12-5-11(16)6-17-10-14-9-2-1-8(13)3-7(9)4-15(10)11/h1-3,16H,4-6H2. The molecule has 0 aromatic heterocycles. The first kappa shape index (κ1) is 11.3. The van der Waals surface area contributed by atoms with E-state index in [1.165, 1.54) is 23.9 Å². The zero-order chi connectivity index (χ0) is 12.0. The number of amidine groups is 1. The van der Waals surface area contributed by atoms with Crippen molar-refractivity contribution in [3.8, 4) is 0 Å². The molecule has 3 rings (SSSR count). The largest absolute Gasteiger partial charge is 0.369 e. The highest BCUT2D eigenvalue weighted by Crippen LogP contribution is 2.39. The predicted octanol–water partition coefficient (Wildman–Crippen LogP) is 2.30. The minimum Gasteiger partial charge on any atom is -0.369 e. The topological polar surface area (TPSA) is 35.8 Å². The normalized spacial score (nSPS) is 26.5. The summed E-state index contributed by atoms with van der Waals surface area (Å²) in [6.45, 7) is 0.447. The molecule has 6 heteroatoms. The summed E-state index contributed by atoms with van der Waals surface area (Å²) in [4.78, 5) is 6.15. The fourth-order valence-electron chi connectivity index (χ4n) is 2.00. The van der Waals surface area contributed by atoms with E-state index < -0.39 is 5.72 Å². The van der Waals surface area contributed by atoms with E-state index in [-0.39, 0.29) is 11.7 Å². The molecule has 1 fully saturated rings. The van der Waals surface area contributed by atoms with Crippen molar-refractivity contribution >= 4 is 34.2 Å². The van der Waals surface area contributed by atoms with Crippen molar-refractivity contribution in [2.24, 2.45) is 4.99 Å². The molecule has 2 aliphatic rings. The number of benzene rings is 1. The lowest BCUT2D eigenvalue weighted by Gasteiger charge is -2.34. The van der Waals surface area contributed by atoms with Crippen molar-refractivity contribution in [1.29, 1.82) is 0 Å². The van der Waals surface area contributed by atoms with Crippen LogP contribution in [0.2, 0.25) is 0 Å². The van der Waals surface area contributed by atoms with Gasteiger partial charge in [-0.3, -0.25) is 0 Å². The van der Waals surface area contributed by atoms with Gasteiger partial charge in [0.25, 0.3) is 0 Å². The van der Waals surface area contributed by atoms with E-state index in [1.807, 2.05) is 0 Å². The van der Waals surface area contributed by atoms with Crippen LogP contribution in [0.4, 0.5) is 10.1 Å². The van der Waals surface area contributed by atoms with E-state index in [4.69, 9.17) is 11.6 Å². The third kappa shape index (κ3) is 1.73. The highest BCUT2D eigenvalue weighted by Gasteiger charge is 2.44. The summed E-state index contributed by atoms with van der Waals surface area (Å²) < 4.78 is 13.2. The van der Waals surface area contributed by atoms with Gasteiger partial charge in [-0.15, -0.1) is 11.6 Å². The maximum atomic E-state index is 13.2. The Kier molecular flexibility index (Phi) is 2.57. The van der Waals surface area contributed by atoms with Crippen molar-refractivity contribution in [2.75, 3.05) is 11.6 Å². The second-order valence-corrected chi connectivity index (χ2v) is 5.37. The van der Waals surface area contributed by atoms with Crippen LogP contribution in [0.25, 0.3) is 0 Å². The van der Waals surface area contributed by atoms with Gasteiger partial charge in [-0.05, 0) is 18.2 Å². The van der Waals surface area contributed by atoms with Crippen molar-refractivity contribution < 1.29 is 9.50 Å². The molecule has 2 heterocycles. The van der Waals surface area contributed by atoms with Crippen LogP contribution in [-0.4, -0.2) is 32.5 Å². The Morgan fingerprint density at radius 3 is 3.18 bits per heavy atom. The van der Waals surface area contributed by atoms with Crippen LogP contribution in [0, 0.1) is 5.82 Å². The molecular weight excluding hydrogens is 263 g/mol. The smallest absolute Gasteiger partial charge is 0.167 e. The fourth-order valence-corrected chi connectivity index (χ4v) is 3.52. The monoisotopic (exact) mass is 272 g/mol. The molecule has 0 bridgehead atoms. The number of rotatable bonds is 1. The first-order valence-electron chi connectivity index (χ1n) is 5.18. The van der Waals surface area contributed by atoms with E-state index >= 15 is 0 Å². The van der Waals surface area contributed by atoms with Gasteiger partial charge in [-0.1, -0.05) is 11.8 Å². The number of nitrogens with zero attached hydrogens (tertiary/aromatic N) is 2. The Morgan fingerprint density at radius 1 is 1.59 bits per heavy atom. The fraction of sp³-hybridized carbons (Fsp3) is 0.364. The minimum absolute atomic E-state index is 0.115. The summed E-state index contributed by atoms with van der Waals surface area (Å²) in [5.41, 5.74) is 0.471. The number of aliphatic imine (C=N–C) groups is 1. The maximum absolute atomic E-state index is 13.2. The third-order valence-corrected chi connectivity index (χ3v) is 4.57. The molecule has 1 saturated heterocycles. The van der Waals surface area contributed by atoms with Crippen LogP contribution >= 0.6 is 23.4 Å². The summed E-state index contributed by atoms with van der Waals surface area (Å²) in [7, 11) is 0. The Labute approximate surface area is 107 Å². The molecule has 0 saturated carbocycles. The third-order valence-electron chi connectivity index (χ3n) is 2.97. The number of thioether (sulfide) groups is 1. The van der Waals surface area contributed by atoms with Crippen molar-refractivity contribution in [1.82, 2.24) is 4.90 Å². The molecule has 1 atom stereocenters. The molecule has 1 aromatic rings. The lowest BCUT2D eigenvalue weighted by atomic mass is 10.1. The van der Waals surface area contributed by atoms with E-state index in [1.54, 1.807) is 11.0 Å². The summed E-state index contributed by atoms with van der Waals surface area (Å²) in [6.07, 6.45) is 0. The molecular formula is C11H10ClFN2OS. The van der Waals surface area contributed by atoms with E-state index in [0.717, 1.165) is 16.4 Å². The first-order chi connectivity index (χ1) is 8.12. The predicted molar refractivity (Wildman–Crippen MR) is 67.2 cm³/mol. The quantitative estimate of drug-likeness (QED) is 0.797. The van der Waals surface area contributed by atoms with Gasteiger partial charge in [0, 0.05) is 12.1 Å².